The van der Waals surface area contributed by atoms with Crippen molar-refractivity contribution in [1.82, 2.24) is 0 Å². The summed E-state index contributed by atoms with van der Waals surface area (Å²) in [6.45, 7) is 1.29. The Morgan fingerprint density at radius 1 is 1.86 bits per heavy atom. The van der Waals surface area contributed by atoms with E-state index < -0.39 is 16.0 Å². The predicted molar refractivity (Wildman–Crippen MR) is 28.8 cm³/mol. The summed E-state index contributed by atoms with van der Waals surface area (Å²) in [5, 5.41) is 0. The van der Waals surface area contributed by atoms with E-state index in [-0.39, 0.29) is 5.52 Å². The lowest BCUT2D eigenvalue weighted by atomic mass is 10.9. The Bertz CT molecular complexity index is 87.1. The molecule has 0 amide bonds. The van der Waals surface area contributed by atoms with Gasteiger partial charge in [0.25, 0.3) is 8.27 Å². The molecule has 0 bridgehead atoms. The molecule has 0 aromatic carbocycles. The van der Waals surface area contributed by atoms with Crippen molar-refractivity contribution in [3.8, 4) is 0 Å². The van der Waals surface area contributed by atoms with E-state index in [1.165, 1.54) is 6.92 Å². The van der Waals surface area contributed by atoms with Crippen LogP contribution in [0.5, 0.6) is 0 Å². The Morgan fingerprint density at radius 2 is 2.29 bits per heavy atom. The highest BCUT2D eigenvalue weighted by molar-refractivity contribution is 8.19. The minimum Gasteiger partial charge on any atom is -0.290 e. The summed E-state index contributed by atoms with van der Waals surface area (Å²) in [5.41, 5.74) is -0.219. The first-order chi connectivity index (χ1) is 3.13. The van der Waals surface area contributed by atoms with Gasteiger partial charge in [0, 0.05) is 6.92 Å². The molecule has 0 aliphatic carbocycles. The number of hydrogen-bond acceptors (Lipinski definition) is 2. The zero-order valence-corrected chi connectivity index (χ0v) is 5.61. The molecule has 40 valence electrons. The number of carbonyl (C=O) groups is 1. The van der Waals surface area contributed by atoms with Gasteiger partial charge in [-0.1, -0.05) is 0 Å². The average Bonchev–Trinajstić information content (AvgIpc) is 1.27. The molecule has 2 unspecified atom stereocenters. The van der Waals surface area contributed by atoms with Crippen LogP contribution in [0.1, 0.15) is 6.92 Å². The lowest BCUT2D eigenvalue weighted by molar-refractivity contribution is -0.109. The molecule has 2 atom stereocenters. The Kier molecular flexibility index (Phi) is 3.27. The highest BCUT2D eigenvalue weighted by Crippen LogP contribution is 2.40. The SMILES string of the molecule is CC(=O)P[P+](=O)O. The van der Waals surface area contributed by atoms with Crippen molar-refractivity contribution in [3.05, 3.63) is 0 Å². The molecule has 0 aromatic heterocycles. The van der Waals surface area contributed by atoms with Crippen LogP contribution < -0.4 is 0 Å². The number of hydrogen-bond donors (Lipinski definition) is 1. The fourth-order valence-corrected chi connectivity index (χ4v) is 1.21. The Hall–Kier alpha value is 0.160. The van der Waals surface area contributed by atoms with Gasteiger partial charge in [0.1, 0.15) is 0 Å². The second kappa shape index (κ2) is 3.20. The van der Waals surface area contributed by atoms with E-state index in [0.29, 0.717) is 0 Å². The first-order valence-corrected chi connectivity index (χ1v) is 4.61. The normalized spacial score (nSPS) is 12.6. The molecule has 0 spiro atoms. The number of rotatable bonds is 2. The minimum atomic E-state index is -2.21. The standard InChI is InChI=1S/C2H4O3P2/c1-2(3)6-7(4)5/h6H,1H3/p+1. The predicted octanol–water partition coefficient (Wildman–Crippen LogP) is 0.861. The minimum absolute atomic E-state index is 0.219. The molecule has 0 aliphatic heterocycles. The van der Waals surface area contributed by atoms with Crippen LogP contribution in [0.2, 0.25) is 0 Å². The summed E-state index contributed by atoms with van der Waals surface area (Å²) >= 11 is 0. The summed E-state index contributed by atoms with van der Waals surface area (Å²) in [5.74, 6) is 0. The van der Waals surface area contributed by atoms with Crippen LogP contribution >= 0.6 is 16.0 Å². The molecule has 1 N–H and O–H groups in total. The van der Waals surface area contributed by atoms with E-state index in [9.17, 15) is 9.36 Å². The van der Waals surface area contributed by atoms with Gasteiger partial charge in [-0.3, -0.25) is 4.79 Å². The van der Waals surface area contributed by atoms with Crippen LogP contribution in [0.15, 0.2) is 0 Å². The zero-order valence-electron chi connectivity index (χ0n) is 3.71. The lowest BCUT2D eigenvalue weighted by Crippen LogP contribution is -1.68. The van der Waals surface area contributed by atoms with Crippen LogP contribution in [-0.2, 0) is 9.36 Å². The summed E-state index contributed by atoms with van der Waals surface area (Å²) in [7, 11) is -2.64. The molecule has 0 saturated carbocycles. The summed E-state index contributed by atoms with van der Waals surface area (Å²) in [4.78, 5) is 17.9. The van der Waals surface area contributed by atoms with Gasteiger partial charge in [-0.25, -0.2) is 0 Å². The highest BCUT2D eigenvalue weighted by atomic mass is 32.0. The third kappa shape index (κ3) is 6.16. The van der Waals surface area contributed by atoms with Crippen molar-refractivity contribution in [3.63, 3.8) is 0 Å². The molecule has 0 fully saturated rings. The topological polar surface area (TPSA) is 54.4 Å². The van der Waals surface area contributed by atoms with E-state index >= 15 is 0 Å². The van der Waals surface area contributed by atoms with Gasteiger partial charge in [-0.2, -0.15) is 4.89 Å². The highest BCUT2D eigenvalue weighted by Gasteiger charge is 2.13. The van der Waals surface area contributed by atoms with Gasteiger partial charge >= 0.3 is 7.72 Å². The van der Waals surface area contributed by atoms with Gasteiger partial charge in [0.15, 0.2) is 0 Å². The molecule has 0 aliphatic rings. The fourth-order valence-electron chi connectivity index (χ4n) is 0.135. The van der Waals surface area contributed by atoms with Crippen molar-refractivity contribution >= 4 is 21.5 Å². The van der Waals surface area contributed by atoms with Crippen molar-refractivity contribution in [2.24, 2.45) is 0 Å². The van der Waals surface area contributed by atoms with E-state index in [0.717, 1.165) is 0 Å². The molecule has 0 heterocycles. The van der Waals surface area contributed by atoms with Crippen LogP contribution in [0.4, 0.5) is 0 Å². The fraction of sp³-hybridized carbons (Fsp3) is 0.500. The van der Waals surface area contributed by atoms with E-state index in [4.69, 9.17) is 4.89 Å². The monoisotopic (exact) mass is 139 g/mol. The van der Waals surface area contributed by atoms with Crippen LogP contribution in [0.3, 0.4) is 0 Å². The second-order valence-corrected chi connectivity index (χ2v) is 4.23. The third-order valence-electron chi connectivity index (χ3n) is 0.253. The molecular weight excluding hydrogens is 134 g/mol. The molecular formula is C2H5O3P2+. The molecule has 7 heavy (non-hydrogen) atoms. The van der Waals surface area contributed by atoms with E-state index in [1.54, 1.807) is 0 Å². The van der Waals surface area contributed by atoms with Crippen molar-refractivity contribution in [2.45, 2.75) is 6.92 Å². The van der Waals surface area contributed by atoms with E-state index in [1.807, 2.05) is 0 Å². The third-order valence-corrected chi connectivity index (χ3v) is 2.28. The van der Waals surface area contributed by atoms with E-state index in [2.05, 4.69) is 0 Å². The maximum Gasteiger partial charge on any atom is 0.525 e. The summed E-state index contributed by atoms with van der Waals surface area (Å²) in [6.07, 6.45) is 0. The van der Waals surface area contributed by atoms with Crippen LogP contribution in [-0.4, -0.2) is 10.4 Å². The van der Waals surface area contributed by atoms with Gasteiger partial charge < -0.3 is 0 Å². The maximum absolute atomic E-state index is 9.92. The van der Waals surface area contributed by atoms with Gasteiger partial charge in [-0.05, 0) is 4.57 Å². The molecule has 0 rings (SSSR count). The van der Waals surface area contributed by atoms with Crippen LogP contribution in [0, 0.1) is 0 Å². The maximum atomic E-state index is 9.92. The number of carbonyl (C=O) groups excluding carboxylic acids is 1. The first-order valence-electron chi connectivity index (χ1n) is 1.56. The Balaban J connectivity index is 3.32. The van der Waals surface area contributed by atoms with Crippen molar-refractivity contribution < 1.29 is 14.3 Å². The molecule has 0 radical (unpaired) electrons. The molecule has 3 nitrogen and oxygen atoms in total. The van der Waals surface area contributed by atoms with Crippen molar-refractivity contribution in [2.75, 3.05) is 0 Å². The summed E-state index contributed by atoms with van der Waals surface area (Å²) in [6, 6.07) is 0. The molecule has 5 heteroatoms. The van der Waals surface area contributed by atoms with Crippen molar-refractivity contribution in [1.29, 1.82) is 0 Å². The largest absolute Gasteiger partial charge is 0.525 e. The second-order valence-electron chi connectivity index (χ2n) is 0.941. The zero-order chi connectivity index (χ0) is 5.86. The van der Waals surface area contributed by atoms with Gasteiger partial charge in [0.05, 0.1) is 0 Å². The first kappa shape index (κ1) is 7.16. The summed E-state index contributed by atoms with van der Waals surface area (Å²) < 4.78 is 9.75. The lowest BCUT2D eigenvalue weighted by Gasteiger charge is -1.67. The molecule has 0 aromatic rings. The quantitative estimate of drug-likeness (QED) is 0.577. The molecule has 0 saturated heterocycles. The van der Waals surface area contributed by atoms with Gasteiger partial charge in [-0.15, -0.1) is 0 Å². The van der Waals surface area contributed by atoms with Gasteiger partial charge in [0.2, 0.25) is 5.52 Å². The Labute approximate surface area is 43.7 Å². The van der Waals surface area contributed by atoms with Crippen LogP contribution in [0.25, 0.3) is 0 Å². The Morgan fingerprint density at radius 3 is 2.29 bits per heavy atom. The smallest absolute Gasteiger partial charge is 0.290 e. The average molecular weight is 139 g/mol.